The number of thioether (sulfide) groups is 1. The molecule has 0 bridgehead atoms. The summed E-state index contributed by atoms with van der Waals surface area (Å²) in [5, 5.41) is 9.54. The molecule has 2 aromatic heterocycles. The van der Waals surface area contributed by atoms with Crippen LogP contribution in [0.15, 0.2) is 29.1 Å². The van der Waals surface area contributed by atoms with Gasteiger partial charge in [0.25, 0.3) is 0 Å². The molecule has 0 radical (unpaired) electrons. The van der Waals surface area contributed by atoms with E-state index in [4.69, 9.17) is 20.9 Å². The monoisotopic (exact) mass is 1250 g/mol. The summed E-state index contributed by atoms with van der Waals surface area (Å²) in [6.45, 7) is 9.81. The van der Waals surface area contributed by atoms with E-state index in [9.17, 15) is 28.8 Å². The van der Waals surface area contributed by atoms with E-state index in [1.54, 1.807) is 24.3 Å². The number of nitrogen functional groups attached to an aromatic ring is 1. The molecule has 3 rings (SSSR count). The highest BCUT2D eigenvalue weighted by molar-refractivity contribution is 7.99. The largest absolute Gasteiger partial charge is 0.462 e. The molecule has 8 N–H and O–H groups in total. The van der Waals surface area contributed by atoms with E-state index < -0.39 is 12.1 Å². The van der Waals surface area contributed by atoms with Gasteiger partial charge in [0, 0.05) is 62.3 Å². The normalized spacial score (nSPS) is 12.1. The van der Waals surface area contributed by atoms with Crippen molar-refractivity contribution in [3.63, 3.8) is 0 Å². The maximum Gasteiger partial charge on any atom is 0.328 e. The number of hydrogen-bond donors (Lipinski definition) is 6. The van der Waals surface area contributed by atoms with Gasteiger partial charge < -0.3 is 41.9 Å². The van der Waals surface area contributed by atoms with Crippen molar-refractivity contribution < 1.29 is 33.4 Å². The van der Waals surface area contributed by atoms with Gasteiger partial charge in [0.2, 0.25) is 11.9 Å². The summed E-state index contributed by atoms with van der Waals surface area (Å²) < 4.78 is 13.0. The van der Waals surface area contributed by atoms with Crippen LogP contribution in [0.5, 0.6) is 0 Å². The van der Waals surface area contributed by atoms with E-state index in [2.05, 4.69) is 51.7 Å². The molecule has 1 amide bonds. The number of hydrogen-bond acceptors (Lipinski definition) is 15. The number of esters is 2. The van der Waals surface area contributed by atoms with Crippen LogP contribution in [-0.2, 0) is 35.2 Å². The minimum Gasteiger partial charge on any atom is -0.462 e. The van der Waals surface area contributed by atoms with E-state index in [-0.39, 0.29) is 66.9 Å². The van der Waals surface area contributed by atoms with Crippen LogP contribution in [0.4, 0.5) is 11.8 Å². The van der Waals surface area contributed by atoms with Crippen molar-refractivity contribution in [2.24, 2.45) is 5.73 Å². The highest BCUT2D eigenvalue weighted by Gasteiger charge is 2.21. The summed E-state index contributed by atoms with van der Waals surface area (Å²) in [5.41, 5.74) is 14.2. The number of carbonyl (C=O) groups excluding carboxylic acids is 5. The van der Waals surface area contributed by atoms with Crippen LogP contribution in [0.2, 0.25) is 0 Å². The Bertz CT molecular complexity index is 2360. The number of aromatic nitrogens is 4. The van der Waals surface area contributed by atoms with E-state index in [0.29, 0.717) is 66.5 Å². The molecule has 0 spiro atoms. The number of ketones is 2. The lowest BCUT2D eigenvalue weighted by atomic mass is 10.0. The molecule has 1 aromatic carbocycles. The van der Waals surface area contributed by atoms with Gasteiger partial charge in [-0.15, -0.1) is 0 Å². The van der Waals surface area contributed by atoms with Crippen LogP contribution in [0.3, 0.4) is 0 Å². The topological polar surface area (TPSA) is 256 Å². The summed E-state index contributed by atoms with van der Waals surface area (Å²) >= 11 is 1.49. The van der Waals surface area contributed by atoms with Crippen LogP contribution in [0.1, 0.15) is 300 Å². The minimum atomic E-state index is -0.591. The average molecular weight is 1250 g/mol. The first-order chi connectivity index (χ1) is 42.9. The van der Waals surface area contributed by atoms with Crippen molar-refractivity contribution in [2.45, 2.75) is 303 Å². The number of H-pyrrole nitrogens is 1. The van der Waals surface area contributed by atoms with E-state index in [1.807, 2.05) is 0 Å². The molecular formula is C70H121N9O8S. The number of imidazole rings is 1. The molecule has 0 aliphatic heterocycles. The van der Waals surface area contributed by atoms with Gasteiger partial charge in [0.05, 0.1) is 12.6 Å². The summed E-state index contributed by atoms with van der Waals surface area (Å²) in [4.78, 5) is 88.5. The Morgan fingerprint density at radius 1 is 0.557 bits per heavy atom. The van der Waals surface area contributed by atoms with Crippen LogP contribution in [0, 0.1) is 0 Å². The number of anilines is 2. The first-order valence-corrected chi connectivity index (χ1v) is 36.4. The molecule has 0 aliphatic carbocycles. The Labute approximate surface area is 534 Å². The van der Waals surface area contributed by atoms with E-state index in [1.165, 1.54) is 145 Å². The van der Waals surface area contributed by atoms with Crippen molar-refractivity contribution in [2.75, 3.05) is 55.3 Å². The number of ether oxygens (including phenoxy) is 2. The third-order valence-electron chi connectivity index (χ3n) is 16.5. The lowest BCUT2D eigenvalue weighted by Gasteiger charge is -2.19. The second kappa shape index (κ2) is 51.9. The Balaban J connectivity index is 1.21. The van der Waals surface area contributed by atoms with Crippen LogP contribution >= 0.6 is 11.8 Å². The Hall–Kier alpha value is -4.81. The standard InChI is InChI=1S/C70H121N9O8S/c1-4-7-10-12-14-16-18-20-22-24-28-32-36-41-64(83)86-54-59(87-65(84)42-37-33-29-25-23-21-19-17-15-13-11-8-5-2)55-88-56-60(71)62(81)40-35-31-27-26-30-34-38-49-73-50-39-52-74-63(82)48-47-61(80)58-45-43-57(44-46-58)53-79-68-66(76-70(79)85)67(72)77-69(78-68)75-51-9-6-3/h43-46,59-60,73H,4-42,47-56,71H2,1-3H3,(H,74,82)(H,76,85)(H3,72,75,77,78). The molecule has 500 valence electrons. The number of nitrogens with one attached hydrogen (secondary N) is 4. The molecule has 0 saturated heterocycles. The number of nitrogens with zero attached hydrogens (tertiary/aromatic N) is 3. The van der Waals surface area contributed by atoms with Gasteiger partial charge in [-0.2, -0.15) is 21.7 Å². The summed E-state index contributed by atoms with van der Waals surface area (Å²) in [6.07, 6.45) is 43.2. The fraction of sp³-hybridized carbons (Fsp3) is 0.771. The highest BCUT2D eigenvalue weighted by atomic mass is 32.2. The van der Waals surface area contributed by atoms with E-state index >= 15 is 0 Å². The highest BCUT2D eigenvalue weighted by Crippen LogP contribution is 2.21. The molecule has 0 saturated carbocycles. The number of unbranched alkanes of at least 4 members (excludes halogenated alkanes) is 31. The first kappa shape index (κ1) is 77.4. The van der Waals surface area contributed by atoms with Gasteiger partial charge in [-0.05, 0) is 57.2 Å². The number of benzene rings is 1. The lowest BCUT2D eigenvalue weighted by molar-refractivity contribution is -0.157. The fourth-order valence-corrected chi connectivity index (χ4v) is 11.9. The Morgan fingerprint density at radius 2 is 1.06 bits per heavy atom. The zero-order chi connectivity index (χ0) is 63.5. The van der Waals surface area contributed by atoms with E-state index in [0.717, 1.165) is 121 Å². The van der Waals surface area contributed by atoms with Crippen LogP contribution < -0.4 is 33.1 Å². The molecule has 2 unspecified atom stereocenters. The lowest BCUT2D eigenvalue weighted by Crippen LogP contribution is -2.34. The van der Waals surface area contributed by atoms with Crippen molar-refractivity contribution in [1.82, 2.24) is 30.2 Å². The number of rotatable bonds is 60. The van der Waals surface area contributed by atoms with Gasteiger partial charge in [-0.1, -0.05) is 238 Å². The Kier molecular flexibility index (Phi) is 45.7. The summed E-state index contributed by atoms with van der Waals surface area (Å²) in [5.74, 6) is 0.685. The van der Waals surface area contributed by atoms with Crippen molar-refractivity contribution in [1.29, 1.82) is 0 Å². The van der Waals surface area contributed by atoms with Gasteiger partial charge in [0.15, 0.2) is 17.2 Å². The summed E-state index contributed by atoms with van der Waals surface area (Å²) in [6, 6.07) is 6.45. The van der Waals surface area contributed by atoms with Gasteiger partial charge in [0.1, 0.15) is 24.0 Å². The maximum absolute atomic E-state index is 13.0. The Morgan fingerprint density at radius 3 is 1.61 bits per heavy atom. The third kappa shape index (κ3) is 38.0. The fourth-order valence-electron chi connectivity index (χ4n) is 10.9. The van der Waals surface area contributed by atoms with Gasteiger partial charge >= 0.3 is 17.6 Å². The predicted octanol–water partition coefficient (Wildman–Crippen LogP) is 15.2. The minimum absolute atomic E-state index is 0.0263. The maximum atomic E-state index is 13.0. The molecule has 2 heterocycles. The number of nitrogens with two attached hydrogens (primary N) is 2. The predicted molar refractivity (Wildman–Crippen MR) is 364 cm³/mol. The van der Waals surface area contributed by atoms with Gasteiger partial charge in [-0.3, -0.25) is 28.5 Å². The SMILES string of the molecule is CCCCCCCCCCCCCCCC(=O)OCC(CSCC(N)C(=O)CCCCCCCCCNCCCNC(=O)CCC(=O)c1ccc(Cn2c(=O)[nH]c3c(N)nc(NCCCC)nc32)cc1)OC(=O)CCCCCCCCCCCCCCC. The molecule has 18 heteroatoms. The number of amides is 1. The number of fused-ring (bicyclic) bond motifs is 1. The summed E-state index contributed by atoms with van der Waals surface area (Å²) in [7, 11) is 0. The molecular weight excluding hydrogens is 1130 g/mol. The molecule has 17 nitrogen and oxygen atoms in total. The van der Waals surface area contributed by atoms with Gasteiger partial charge in [-0.25, -0.2) is 4.79 Å². The molecule has 0 aliphatic rings. The molecule has 2 atom stereocenters. The van der Waals surface area contributed by atoms with Crippen molar-refractivity contribution in [3.05, 3.63) is 45.9 Å². The van der Waals surface area contributed by atoms with Crippen LogP contribution in [0.25, 0.3) is 11.2 Å². The molecule has 3 aromatic rings. The molecule has 88 heavy (non-hydrogen) atoms. The smallest absolute Gasteiger partial charge is 0.328 e. The zero-order valence-electron chi connectivity index (χ0n) is 55.3. The van der Waals surface area contributed by atoms with Crippen molar-refractivity contribution in [3.8, 4) is 0 Å². The third-order valence-corrected chi connectivity index (χ3v) is 17.7. The average Bonchev–Trinajstić information content (AvgIpc) is 3.58. The molecule has 0 fully saturated rings. The quantitative estimate of drug-likeness (QED) is 0.0175. The second-order valence-corrected chi connectivity index (χ2v) is 25.7. The second-order valence-electron chi connectivity index (χ2n) is 24.6. The van der Waals surface area contributed by atoms with Crippen molar-refractivity contribution >= 4 is 64.1 Å². The van der Waals surface area contributed by atoms with Crippen LogP contribution in [-0.4, -0.2) is 105 Å². The number of aromatic amines is 1. The first-order valence-electron chi connectivity index (χ1n) is 35.3. The number of Topliss-reactive ketones (excluding diaryl/α,β-unsaturated/α-hetero) is 2. The number of carbonyl (C=O) groups is 5. The zero-order valence-corrected chi connectivity index (χ0v) is 56.1.